The third-order valence-corrected chi connectivity index (χ3v) is 12.9. The highest BCUT2D eigenvalue weighted by Crippen LogP contribution is 2.18. The smallest absolute Gasteiger partial charge is 0.306 e. The molecule has 63 heavy (non-hydrogen) atoms. The minimum absolute atomic E-state index is 0.0639. The van der Waals surface area contributed by atoms with Crippen molar-refractivity contribution in [1.29, 1.82) is 0 Å². The molecule has 1 atom stereocenters. The van der Waals surface area contributed by atoms with E-state index in [1.54, 1.807) is 0 Å². The van der Waals surface area contributed by atoms with E-state index in [4.69, 9.17) is 14.2 Å². The van der Waals surface area contributed by atoms with Gasteiger partial charge in [0.05, 0.1) is 0 Å². The summed E-state index contributed by atoms with van der Waals surface area (Å²) in [5.41, 5.74) is 0. The summed E-state index contributed by atoms with van der Waals surface area (Å²) in [5, 5.41) is 0. The lowest BCUT2D eigenvalue weighted by molar-refractivity contribution is -0.167. The fourth-order valence-corrected chi connectivity index (χ4v) is 8.65. The highest BCUT2D eigenvalue weighted by atomic mass is 16.6. The van der Waals surface area contributed by atoms with Gasteiger partial charge in [-0.1, -0.05) is 273 Å². The van der Waals surface area contributed by atoms with Crippen molar-refractivity contribution < 1.29 is 28.6 Å². The SMILES string of the molecule is CC(C)CCCCCCCCCCCCCCCCCC(=O)OC[C@@H](COC(=O)CCCCCCCCCCCCCC(C)C)OC(=O)CCCCCCCCCCCCC(C)C. The van der Waals surface area contributed by atoms with Crippen LogP contribution in [0.4, 0.5) is 0 Å². The number of unbranched alkanes of at least 4 members (excludes halogenated alkanes) is 33. The predicted molar refractivity (Wildman–Crippen MR) is 270 cm³/mol. The molecule has 0 aliphatic heterocycles. The van der Waals surface area contributed by atoms with Gasteiger partial charge < -0.3 is 14.2 Å². The molecular weight excluding hydrogens is 781 g/mol. The van der Waals surface area contributed by atoms with Gasteiger partial charge in [-0.2, -0.15) is 0 Å². The second kappa shape index (κ2) is 48.3. The van der Waals surface area contributed by atoms with Crippen molar-refractivity contribution in [3.05, 3.63) is 0 Å². The van der Waals surface area contributed by atoms with Gasteiger partial charge in [0.2, 0.25) is 0 Å². The first-order valence-corrected chi connectivity index (χ1v) is 28.1. The largest absolute Gasteiger partial charge is 0.462 e. The van der Waals surface area contributed by atoms with E-state index >= 15 is 0 Å². The van der Waals surface area contributed by atoms with Gasteiger partial charge in [0.1, 0.15) is 13.2 Å². The molecular formula is C57H110O6. The van der Waals surface area contributed by atoms with Crippen LogP contribution in [0.1, 0.15) is 311 Å². The van der Waals surface area contributed by atoms with Gasteiger partial charge in [0.25, 0.3) is 0 Å². The van der Waals surface area contributed by atoms with Crippen molar-refractivity contribution in [3.8, 4) is 0 Å². The van der Waals surface area contributed by atoms with E-state index < -0.39 is 6.10 Å². The Morgan fingerprint density at radius 2 is 0.460 bits per heavy atom. The van der Waals surface area contributed by atoms with Gasteiger partial charge in [-0.25, -0.2) is 0 Å². The Balaban J connectivity index is 4.29. The fourth-order valence-electron chi connectivity index (χ4n) is 8.65. The van der Waals surface area contributed by atoms with Crippen molar-refractivity contribution in [2.75, 3.05) is 13.2 Å². The summed E-state index contributed by atoms with van der Waals surface area (Å²) in [5.74, 6) is 1.65. The van der Waals surface area contributed by atoms with Gasteiger partial charge in [-0.05, 0) is 37.0 Å². The summed E-state index contributed by atoms with van der Waals surface area (Å²) in [6.45, 7) is 13.7. The van der Waals surface area contributed by atoms with Gasteiger partial charge in [-0.15, -0.1) is 0 Å². The van der Waals surface area contributed by atoms with Crippen LogP contribution < -0.4 is 0 Å². The van der Waals surface area contributed by atoms with Crippen molar-refractivity contribution in [2.24, 2.45) is 17.8 Å². The van der Waals surface area contributed by atoms with Crippen LogP contribution in [0.15, 0.2) is 0 Å². The molecule has 0 aromatic carbocycles. The first kappa shape index (κ1) is 61.4. The van der Waals surface area contributed by atoms with Crippen molar-refractivity contribution in [2.45, 2.75) is 317 Å². The van der Waals surface area contributed by atoms with Crippen molar-refractivity contribution in [3.63, 3.8) is 0 Å². The molecule has 0 heterocycles. The Hall–Kier alpha value is -1.59. The number of esters is 3. The molecule has 6 nitrogen and oxygen atoms in total. The second-order valence-corrected chi connectivity index (χ2v) is 21.0. The van der Waals surface area contributed by atoms with E-state index in [0.29, 0.717) is 19.3 Å². The Morgan fingerprint density at radius 3 is 0.683 bits per heavy atom. The Labute approximate surface area is 393 Å². The van der Waals surface area contributed by atoms with Crippen molar-refractivity contribution in [1.82, 2.24) is 0 Å². The van der Waals surface area contributed by atoms with Crippen LogP contribution in [0.5, 0.6) is 0 Å². The molecule has 0 amide bonds. The standard InChI is InChI=1S/C57H110O6/c1-51(2)43-37-31-25-19-13-10-8-7-9-11-15-22-28-34-40-46-55(58)61-49-54(63-57(60)48-42-36-30-24-18-17-21-27-33-39-45-53(5)6)50-62-56(59)47-41-35-29-23-16-12-14-20-26-32-38-44-52(3)4/h51-54H,7-50H2,1-6H3/t54-/m0/s1. The number of rotatable bonds is 50. The summed E-state index contributed by atoms with van der Waals surface area (Å²) in [6, 6.07) is 0. The summed E-state index contributed by atoms with van der Waals surface area (Å²) < 4.78 is 16.9. The third-order valence-electron chi connectivity index (χ3n) is 12.9. The molecule has 0 N–H and O–H groups in total. The fraction of sp³-hybridized carbons (Fsp3) is 0.947. The molecule has 0 rings (SSSR count). The minimum Gasteiger partial charge on any atom is -0.462 e. The highest BCUT2D eigenvalue weighted by Gasteiger charge is 2.19. The average molecular weight is 892 g/mol. The number of ether oxygens (including phenoxy) is 3. The van der Waals surface area contributed by atoms with Crippen LogP contribution in [0, 0.1) is 17.8 Å². The second-order valence-electron chi connectivity index (χ2n) is 21.0. The van der Waals surface area contributed by atoms with Crippen molar-refractivity contribution >= 4 is 17.9 Å². The number of carbonyl (C=O) groups excluding carboxylic acids is 3. The summed E-state index contributed by atoms with van der Waals surface area (Å²) in [6.07, 6.45) is 49.5. The van der Waals surface area contributed by atoms with E-state index in [1.165, 1.54) is 193 Å². The molecule has 0 aromatic rings. The van der Waals surface area contributed by atoms with Gasteiger partial charge in [0.15, 0.2) is 6.10 Å². The lowest BCUT2D eigenvalue weighted by Crippen LogP contribution is -2.30. The van der Waals surface area contributed by atoms with E-state index in [-0.39, 0.29) is 31.1 Å². The Morgan fingerprint density at radius 1 is 0.270 bits per heavy atom. The van der Waals surface area contributed by atoms with Gasteiger partial charge in [-0.3, -0.25) is 14.4 Å². The monoisotopic (exact) mass is 891 g/mol. The zero-order valence-electron chi connectivity index (χ0n) is 43.4. The van der Waals surface area contributed by atoms with Crippen LogP contribution in [0.2, 0.25) is 0 Å². The highest BCUT2D eigenvalue weighted by molar-refractivity contribution is 5.71. The Kier molecular flexibility index (Phi) is 47.1. The maximum Gasteiger partial charge on any atom is 0.306 e. The van der Waals surface area contributed by atoms with Gasteiger partial charge in [0, 0.05) is 19.3 Å². The third kappa shape index (κ3) is 51.3. The number of carbonyl (C=O) groups is 3. The van der Waals surface area contributed by atoms with Gasteiger partial charge >= 0.3 is 17.9 Å². The van der Waals surface area contributed by atoms with E-state index in [2.05, 4.69) is 41.5 Å². The minimum atomic E-state index is -0.763. The topological polar surface area (TPSA) is 78.9 Å². The van der Waals surface area contributed by atoms with Crippen LogP contribution >= 0.6 is 0 Å². The molecule has 0 aliphatic rings. The molecule has 0 saturated heterocycles. The van der Waals surface area contributed by atoms with Crippen LogP contribution in [0.3, 0.4) is 0 Å². The summed E-state index contributed by atoms with van der Waals surface area (Å²) in [7, 11) is 0. The van der Waals surface area contributed by atoms with Crippen LogP contribution in [-0.2, 0) is 28.6 Å². The molecule has 0 saturated carbocycles. The lowest BCUT2D eigenvalue weighted by Gasteiger charge is -2.18. The predicted octanol–water partition coefficient (Wildman–Crippen LogP) is 18.3. The maximum absolute atomic E-state index is 12.8. The van der Waals surface area contributed by atoms with E-state index in [1.807, 2.05) is 0 Å². The quantitative estimate of drug-likeness (QED) is 0.0344. The van der Waals surface area contributed by atoms with E-state index in [9.17, 15) is 14.4 Å². The lowest BCUT2D eigenvalue weighted by atomic mass is 10.0. The van der Waals surface area contributed by atoms with Crippen LogP contribution in [-0.4, -0.2) is 37.2 Å². The molecule has 0 aliphatic carbocycles. The summed E-state index contributed by atoms with van der Waals surface area (Å²) >= 11 is 0. The first-order chi connectivity index (χ1) is 30.6. The molecule has 374 valence electrons. The van der Waals surface area contributed by atoms with Crippen LogP contribution in [0.25, 0.3) is 0 Å². The zero-order valence-corrected chi connectivity index (χ0v) is 43.4. The molecule has 0 aromatic heterocycles. The molecule has 0 fully saturated rings. The number of hydrogen-bond donors (Lipinski definition) is 0. The molecule has 6 heteroatoms. The molecule has 0 spiro atoms. The van der Waals surface area contributed by atoms with E-state index in [0.717, 1.165) is 75.5 Å². The number of hydrogen-bond acceptors (Lipinski definition) is 6. The maximum atomic E-state index is 12.8. The zero-order chi connectivity index (χ0) is 46.3. The summed E-state index contributed by atoms with van der Waals surface area (Å²) in [4.78, 5) is 38.1. The Bertz CT molecular complexity index is 976. The molecule has 0 unspecified atom stereocenters. The first-order valence-electron chi connectivity index (χ1n) is 28.1. The molecule has 0 bridgehead atoms. The average Bonchev–Trinajstić information content (AvgIpc) is 3.24. The normalized spacial score (nSPS) is 12.1. The molecule has 0 radical (unpaired) electrons.